The van der Waals surface area contributed by atoms with E-state index in [0.717, 1.165) is 6.42 Å². The lowest BCUT2D eigenvalue weighted by Gasteiger charge is -2.21. The summed E-state index contributed by atoms with van der Waals surface area (Å²) >= 11 is 0. The molecular formula is C16H25NO4. The van der Waals surface area contributed by atoms with Crippen molar-refractivity contribution < 1.29 is 18.7 Å². The minimum Gasteiger partial charge on any atom is -0.453 e. The van der Waals surface area contributed by atoms with Gasteiger partial charge in [-0.2, -0.15) is 0 Å². The van der Waals surface area contributed by atoms with Crippen LogP contribution in [0, 0.1) is 0 Å². The third-order valence-corrected chi connectivity index (χ3v) is 3.68. The van der Waals surface area contributed by atoms with Crippen LogP contribution in [0.2, 0.25) is 0 Å². The van der Waals surface area contributed by atoms with Gasteiger partial charge in [0.2, 0.25) is 0 Å². The highest BCUT2D eigenvalue weighted by Crippen LogP contribution is 2.20. The van der Waals surface area contributed by atoms with Crippen molar-refractivity contribution in [3.05, 3.63) is 23.7 Å². The van der Waals surface area contributed by atoms with E-state index in [0.29, 0.717) is 37.4 Å². The molecule has 0 spiro atoms. The molecule has 0 saturated heterocycles. The second kappa shape index (κ2) is 8.85. The molecule has 0 atom stereocenters. The lowest BCUT2D eigenvalue weighted by atomic mass is 9.98. The summed E-state index contributed by atoms with van der Waals surface area (Å²) in [7, 11) is 1.59. The van der Waals surface area contributed by atoms with Gasteiger partial charge in [-0.3, -0.25) is 4.79 Å². The van der Waals surface area contributed by atoms with Gasteiger partial charge in [-0.1, -0.05) is 19.3 Å². The van der Waals surface area contributed by atoms with Crippen molar-refractivity contribution in [3.63, 3.8) is 0 Å². The first-order valence-corrected chi connectivity index (χ1v) is 7.77. The molecule has 0 unspecified atom stereocenters. The lowest BCUT2D eigenvalue weighted by Crippen LogP contribution is -2.26. The number of rotatable bonds is 8. The van der Waals surface area contributed by atoms with E-state index in [1.807, 2.05) is 0 Å². The average Bonchev–Trinajstić information content (AvgIpc) is 2.97. The Bertz CT molecular complexity index is 424. The fourth-order valence-corrected chi connectivity index (χ4v) is 2.56. The zero-order valence-corrected chi connectivity index (χ0v) is 12.7. The van der Waals surface area contributed by atoms with Crippen molar-refractivity contribution in [1.82, 2.24) is 5.32 Å². The summed E-state index contributed by atoms with van der Waals surface area (Å²) in [5.74, 6) is 0.800. The molecule has 1 fully saturated rings. The van der Waals surface area contributed by atoms with Gasteiger partial charge in [0.15, 0.2) is 5.76 Å². The van der Waals surface area contributed by atoms with Gasteiger partial charge in [0.1, 0.15) is 12.4 Å². The lowest BCUT2D eigenvalue weighted by molar-refractivity contribution is 0.0273. The fourth-order valence-electron chi connectivity index (χ4n) is 2.56. The first kappa shape index (κ1) is 16.0. The number of methoxy groups -OCH3 is 1. The van der Waals surface area contributed by atoms with Crippen LogP contribution in [-0.4, -0.2) is 32.3 Å². The Hall–Kier alpha value is -1.33. The van der Waals surface area contributed by atoms with E-state index in [1.54, 1.807) is 19.2 Å². The summed E-state index contributed by atoms with van der Waals surface area (Å²) < 4.78 is 16.1. The van der Waals surface area contributed by atoms with Crippen molar-refractivity contribution in [2.75, 3.05) is 20.3 Å². The summed E-state index contributed by atoms with van der Waals surface area (Å²) in [6.07, 6.45) is 7.52. The van der Waals surface area contributed by atoms with Crippen LogP contribution in [0.1, 0.15) is 54.8 Å². The summed E-state index contributed by atoms with van der Waals surface area (Å²) in [5, 5.41) is 2.84. The minimum absolute atomic E-state index is 0.185. The van der Waals surface area contributed by atoms with Crippen LogP contribution in [-0.2, 0) is 16.1 Å². The molecule has 0 radical (unpaired) electrons. The molecule has 0 bridgehead atoms. The molecule has 1 aliphatic rings. The normalized spacial score (nSPS) is 16.0. The third kappa shape index (κ3) is 5.52. The minimum atomic E-state index is -0.185. The first-order valence-electron chi connectivity index (χ1n) is 7.77. The predicted molar refractivity (Wildman–Crippen MR) is 79.2 cm³/mol. The Labute approximate surface area is 126 Å². The van der Waals surface area contributed by atoms with Crippen molar-refractivity contribution in [3.8, 4) is 0 Å². The second-order valence-corrected chi connectivity index (χ2v) is 5.44. The second-order valence-electron chi connectivity index (χ2n) is 5.44. The maximum atomic E-state index is 11.8. The van der Waals surface area contributed by atoms with Gasteiger partial charge in [-0.15, -0.1) is 0 Å². The molecule has 1 heterocycles. The zero-order chi connectivity index (χ0) is 14.9. The highest BCUT2D eigenvalue weighted by Gasteiger charge is 2.13. The largest absolute Gasteiger partial charge is 0.453 e. The number of nitrogens with one attached hydrogen (secondary N) is 1. The maximum absolute atomic E-state index is 11.8. The molecule has 5 heteroatoms. The van der Waals surface area contributed by atoms with Crippen LogP contribution in [0.4, 0.5) is 0 Å². The Kier molecular flexibility index (Phi) is 6.76. The molecule has 0 aliphatic heterocycles. The van der Waals surface area contributed by atoms with Gasteiger partial charge in [0.25, 0.3) is 5.91 Å². The monoisotopic (exact) mass is 295 g/mol. The van der Waals surface area contributed by atoms with E-state index in [2.05, 4.69) is 5.32 Å². The molecule has 0 aromatic carbocycles. The smallest absolute Gasteiger partial charge is 0.286 e. The number of ether oxygens (including phenoxy) is 2. The Morgan fingerprint density at radius 3 is 2.90 bits per heavy atom. The molecule has 21 heavy (non-hydrogen) atoms. The molecule has 1 aromatic heterocycles. The van der Waals surface area contributed by atoms with Crippen LogP contribution in [0.25, 0.3) is 0 Å². The van der Waals surface area contributed by atoms with Crippen LogP contribution in [0.15, 0.2) is 16.5 Å². The molecule has 1 aromatic rings. The van der Waals surface area contributed by atoms with Gasteiger partial charge in [-0.05, 0) is 31.4 Å². The molecular weight excluding hydrogens is 270 g/mol. The van der Waals surface area contributed by atoms with Gasteiger partial charge in [-0.25, -0.2) is 0 Å². The summed E-state index contributed by atoms with van der Waals surface area (Å²) in [6, 6.07) is 3.42. The van der Waals surface area contributed by atoms with Gasteiger partial charge >= 0.3 is 0 Å². The van der Waals surface area contributed by atoms with Crippen molar-refractivity contribution in [1.29, 1.82) is 0 Å². The van der Waals surface area contributed by atoms with E-state index in [1.165, 1.54) is 32.1 Å². The molecule has 1 aliphatic carbocycles. The number of amides is 1. The number of hydrogen-bond acceptors (Lipinski definition) is 4. The van der Waals surface area contributed by atoms with Crippen molar-refractivity contribution >= 4 is 5.91 Å². The Balaban J connectivity index is 1.58. The van der Waals surface area contributed by atoms with Gasteiger partial charge in [0, 0.05) is 20.3 Å². The number of carbonyl (C=O) groups excluding carboxylic acids is 1. The average molecular weight is 295 g/mol. The van der Waals surface area contributed by atoms with E-state index < -0.39 is 0 Å². The van der Waals surface area contributed by atoms with Crippen LogP contribution in [0.5, 0.6) is 0 Å². The van der Waals surface area contributed by atoms with Crippen molar-refractivity contribution in [2.45, 2.75) is 51.2 Å². The molecule has 2 rings (SSSR count). The Morgan fingerprint density at radius 1 is 1.33 bits per heavy atom. The fraction of sp³-hybridized carbons (Fsp3) is 0.688. The zero-order valence-electron chi connectivity index (χ0n) is 12.7. The molecule has 1 N–H and O–H groups in total. The van der Waals surface area contributed by atoms with E-state index >= 15 is 0 Å². The van der Waals surface area contributed by atoms with Gasteiger partial charge < -0.3 is 19.2 Å². The number of hydrogen-bond donors (Lipinski definition) is 1. The number of carbonyl (C=O) groups is 1. The molecule has 1 amide bonds. The van der Waals surface area contributed by atoms with Gasteiger partial charge in [0.05, 0.1) is 6.10 Å². The first-order chi connectivity index (χ1) is 10.3. The summed E-state index contributed by atoms with van der Waals surface area (Å²) in [6.45, 7) is 1.69. The van der Waals surface area contributed by atoms with Crippen LogP contribution in [0.3, 0.4) is 0 Å². The predicted octanol–water partition coefficient (Wildman–Crippen LogP) is 2.90. The topological polar surface area (TPSA) is 60.7 Å². The van der Waals surface area contributed by atoms with Crippen LogP contribution >= 0.6 is 0 Å². The van der Waals surface area contributed by atoms with Crippen molar-refractivity contribution in [2.24, 2.45) is 0 Å². The van der Waals surface area contributed by atoms with E-state index in [-0.39, 0.29) is 5.91 Å². The molecule has 5 nitrogen and oxygen atoms in total. The van der Waals surface area contributed by atoms with E-state index in [4.69, 9.17) is 13.9 Å². The SMILES string of the molecule is COCc1ccc(C(=O)NCCCOC2CCCCC2)o1. The summed E-state index contributed by atoms with van der Waals surface area (Å²) in [5.41, 5.74) is 0. The van der Waals surface area contributed by atoms with Crippen LogP contribution < -0.4 is 5.32 Å². The molecule has 118 valence electrons. The Morgan fingerprint density at radius 2 is 2.14 bits per heavy atom. The summed E-state index contributed by atoms with van der Waals surface area (Å²) in [4.78, 5) is 11.8. The third-order valence-electron chi connectivity index (χ3n) is 3.68. The quantitative estimate of drug-likeness (QED) is 0.749. The van der Waals surface area contributed by atoms with E-state index in [9.17, 15) is 4.79 Å². The highest BCUT2D eigenvalue weighted by molar-refractivity contribution is 5.91. The molecule has 1 saturated carbocycles. The number of furan rings is 1. The highest BCUT2D eigenvalue weighted by atomic mass is 16.5. The standard InChI is InChI=1S/C16H25NO4/c1-19-12-14-8-9-15(21-14)16(18)17-10-5-11-20-13-6-3-2-4-7-13/h8-9,13H,2-7,10-12H2,1H3,(H,17,18). The maximum Gasteiger partial charge on any atom is 0.286 e.